The molecule has 0 aromatic heterocycles. The van der Waals surface area contributed by atoms with Crippen LogP contribution < -0.4 is 5.73 Å². The zero-order valence-corrected chi connectivity index (χ0v) is 10.0. The summed E-state index contributed by atoms with van der Waals surface area (Å²) in [4.78, 5) is 0. The molecule has 2 unspecified atom stereocenters. The minimum absolute atomic E-state index is 0.417. The van der Waals surface area contributed by atoms with Crippen LogP contribution in [-0.4, -0.2) is 30.5 Å². The lowest BCUT2D eigenvalue weighted by Crippen LogP contribution is -2.32. The van der Waals surface area contributed by atoms with E-state index in [1.54, 1.807) is 13.8 Å². The van der Waals surface area contributed by atoms with E-state index in [4.69, 9.17) is 10.5 Å². The SMILES string of the molecule is CC(C)(O)COCC1CCCCC1CN. The van der Waals surface area contributed by atoms with Crippen molar-refractivity contribution < 1.29 is 9.84 Å². The van der Waals surface area contributed by atoms with Gasteiger partial charge < -0.3 is 15.6 Å². The zero-order valence-electron chi connectivity index (χ0n) is 10.0. The van der Waals surface area contributed by atoms with Gasteiger partial charge in [0.05, 0.1) is 12.2 Å². The van der Waals surface area contributed by atoms with Crippen LogP contribution in [-0.2, 0) is 4.74 Å². The summed E-state index contributed by atoms with van der Waals surface area (Å²) in [6, 6.07) is 0. The first-order valence-electron chi connectivity index (χ1n) is 6.03. The lowest BCUT2D eigenvalue weighted by molar-refractivity contribution is -0.0395. The van der Waals surface area contributed by atoms with Crippen LogP contribution in [0.3, 0.4) is 0 Å². The molecule has 3 N–H and O–H groups in total. The van der Waals surface area contributed by atoms with Crippen LogP contribution in [0.25, 0.3) is 0 Å². The highest BCUT2D eigenvalue weighted by molar-refractivity contribution is 4.76. The number of aliphatic hydroxyl groups is 1. The standard InChI is InChI=1S/C12H25NO2/c1-12(2,14)9-15-8-11-6-4-3-5-10(11)7-13/h10-11,14H,3-9,13H2,1-2H3. The maximum absolute atomic E-state index is 9.52. The van der Waals surface area contributed by atoms with E-state index >= 15 is 0 Å². The molecule has 1 aliphatic carbocycles. The van der Waals surface area contributed by atoms with Crippen molar-refractivity contribution in [2.75, 3.05) is 19.8 Å². The molecule has 0 spiro atoms. The Balaban J connectivity index is 2.23. The summed E-state index contributed by atoms with van der Waals surface area (Å²) in [5.41, 5.74) is 5.03. The molecular weight excluding hydrogens is 190 g/mol. The number of nitrogens with two attached hydrogens (primary N) is 1. The molecule has 2 atom stereocenters. The molecule has 0 bridgehead atoms. The van der Waals surface area contributed by atoms with Crippen molar-refractivity contribution in [1.29, 1.82) is 0 Å². The fraction of sp³-hybridized carbons (Fsp3) is 1.00. The van der Waals surface area contributed by atoms with Gasteiger partial charge in [0.25, 0.3) is 0 Å². The van der Waals surface area contributed by atoms with Crippen molar-refractivity contribution in [2.24, 2.45) is 17.6 Å². The minimum atomic E-state index is -0.715. The van der Waals surface area contributed by atoms with Gasteiger partial charge in [-0.05, 0) is 45.1 Å². The van der Waals surface area contributed by atoms with E-state index in [-0.39, 0.29) is 0 Å². The van der Waals surface area contributed by atoms with Crippen molar-refractivity contribution >= 4 is 0 Å². The summed E-state index contributed by atoms with van der Waals surface area (Å²) >= 11 is 0. The topological polar surface area (TPSA) is 55.5 Å². The third kappa shape index (κ3) is 4.96. The van der Waals surface area contributed by atoms with Crippen molar-refractivity contribution in [3.63, 3.8) is 0 Å². The number of rotatable bonds is 5. The summed E-state index contributed by atoms with van der Waals surface area (Å²) < 4.78 is 5.56. The third-order valence-corrected chi connectivity index (χ3v) is 3.16. The molecule has 0 radical (unpaired) electrons. The molecule has 15 heavy (non-hydrogen) atoms. The van der Waals surface area contributed by atoms with Crippen molar-refractivity contribution in [1.82, 2.24) is 0 Å². The quantitative estimate of drug-likeness (QED) is 0.731. The molecule has 3 nitrogen and oxygen atoms in total. The molecule has 0 aromatic carbocycles. The van der Waals surface area contributed by atoms with E-state index in [0.29, 0.717) is 18.4 Å². The number of ether oxygens (including phenoxy) is 1. The second-order valence-electron chi connectivity index (χ2n) is 5.37. The van der Waals surface area contributed by atoms with Crippen LogP contribution in [0, 0.1) is 11.8 Å². The third-order valence-electron chi connectivity index (χ3n) is 3.16. The Hall–Kier alpha value is -0.120. The van der Waals surface area contributed by atoms with Crippen LogP contribution in [0.1, 0.15) is 39.5 Å². The Labute approximate surface area is 93.0 Å². The van der Waals surface area contributed by atoms with Gasteiger partial charge in [-0.3, -0.25) is 0 Å². The summed E-state index contributed by atoms with van der Waals surface area (Å²) in [5.74, 6) is 1.23. The zero-order chi connectivity index (χ0) is 11.3. The smallest absolute Gasteiger partial charge is 0.0824 e. The average Bonchev–Trinajstić information content (AvgIpc) is 2.16. The monoisotopic (exact) mass is 215 g/mol. The van der Waals surface area contributed by atoms with Gasteiger partial charge in [0.2, 0.25) is 0 Å². The van der Waals surface area contributed by atoms with E-state index in [1.807, 2.05) is 0 Å². The van der Waals surface area contributed by atoms with Gasteiger partial charge in [0.15, 0.2) is 0 Å². The predicted octanol–water partition coefficient (Wildman–Crippen LogP) is 1.54. The second-order valence-corrected chi connectivity index (χ2v) is 5.37. The van der Waals surface area contributed by atoms with Gasteiger partial charge in [-0.15, -0.1) is 0 Å². The van der Waals surface area contributed by atoms with Gasteiger partial charge in [-0.25, -0.2) is 0 Å². The van der Waals surface area contributed by atoms with Gasteiger partial charge in [0.1, 0.15) is 0 Å². The predicted molar refractivity (Wildman–Crippen MR) is 61.6 cm³/mol. The Bertz CT molecular complexity index is 177. The van der Waals surface area contributed by atoms with Crippen LogP contribution in [0.5, 0.6) is 0 Å². The molecule has 0 aromatic rings. The highest BCUT2D eigenvalue weighted by Crippen LogP contribution is 2.29. The van der Waals surface area contributed by atoms with Crippen molar-refractivity contribution in [2.45, 2.75) is 45.1 Å². The Morgan fingerprint density at radius 1 is 1.27 bits per heavy atom. The van der Waals surface area contributed by atoms with Crippen LogP contribution in [0.15, 0.2) is 0 Å². The Kier molecular flexibility index (Phi) is 5.03. The Morgan fingerprint density at radius 2 is 1.87 bits per heavy atom. The second kappa shape index (κ2) is 5.83. The van der Waals surface area contributed by atoms with Crippen molar-refractivity contribution in [3.8, 4) is 0 Å². The normalized spacial score (nSPS) is 28.0. The number of hydrogen-bond acceptors (Lipinski definition) is 3. The lowest BCUT2D eigenvalue weighted by Gasteiger charge is -2.31. The molecule has 1 rings (SSSR count). The summed E-state index contributed by atoms with van der Waals surface area (Å²) in [6.45, 7) is 5.49. The molecule has 0 heterocycles. The fourth-order valence-electron chi connectivity index (χ4n) is 2.27. The molecule has 0 saturated heterocycles. The minimum Gasteiger partial charge on any atom is -0.388 e. The highest BCUT2D eigenvalue weighted by atomic mass is 16.5. The van der Waals surface area contributed by atoms with E-state index < -0.39 is 5.60 Å². The molecule has 1 saturated carbocycles. The molecule has 0 amide bonds. The van der Waals surface area contributed by atoms with Crippen molar-refractivity contribution in [3.05, 3.63) is 0 Å². The maximum Gasteiger partial charge on any atom is 0.0824 e. The van der Waals surface area contributed by atoms with Crippen LogP contribution >= 0.6 is 0 Å². The molecule has 0 aliphatic heterocycles. The molecule has 90 valence electrons. The molecule has 1 fully saturated rings. The highest BCUT2D eigenvalue weighted by Gasteiger charge is 2.24. The van der Waals surface area contributed by atoms with Gasteiger partial charge in [0, 0.05) is 6.61 Å². The first-order valence-corrected chi connectivity index (χ1v) is 6.03. The first kappa shape index (κ1) is 12.9. The molecular formula is C12H25NO2. The Morgan fingerprint density at radius 3 is 2.40 bits per heavy atom. The van der Waals surface area contributed by atoms with E-state index in [1.165, 1.54) is 25.7 Å². The molecule has 1 aliphatic rings. The van der Waals surface area contributed by atoms with Crippen LogP contribution in [0.4, 0.5) is 0 Å². The fourth-order valence-corrected chi connectivity index (χ4v) is 2.27. The van der Waals surface area contributed by atoms with Gasteiger partial charge >= 0.3 is 0 Å². The summed E-state index contributed by atoms with van der Waals surface area (Å²) in [7, 11) is 0. The summed E-state index contributed by atoms with van der Waals surface area (Å²) in [6.07, 6.45) is 5.08. The average molecular weight is 215 g/mol. The number of hydrogen-bond donors (Lipinski definition) is 2. The van der Waals surface area contributed by atoms with E-state index in [0.717, 1.165) is 13.2 Å². The first-order chi connectivity index (χ1) is 7.03. The molecule has 3 heteroatoms. The van der Waals surface area contributed by atoms with Gasteiger partial charge in [-0.2, -0.15) is 0 Å². The largest absolute Gasteiger partial charge is 0.388 e. The lowest BCUT2D eigenvalue weighted by atomic mass is 9.80. The maximum atomic E-state index is 9.52. The van der Waals surface area contributed by atoms with Crippen LogP contribution in [0.2, 0.25) is 0 Å². The van der Waals surface area contributed by atoms with Gasteiger partial charge in [-0.1, -0.05) is 12.8 Å². The summed E-state index contributed by atoms with van der Waals surface area (Å²) in [5, 5.41) is 9.52. The van der Waals surface area contributed by atoms with E-state index in [2.05, 4.69) is 0 Å². The van der Waals surface area contributed by atoms with E-state index in [9.17, 15) is 5.11 Å².